The van der Waals surface area contributed by atoms with Gasteiger partial charge in [-0.25, -0.2) is 0 Å². The fourth-order valence-corrected chi connectivity index (χ4v) is 5.45. The van der Waals surface area contributed by atoms with Crippen molar-refractivity contribution in [3.8, 4) is 0 Å². The first-order chi connectivity index (χ1) is 18.0. The molecular weight excluding hydrogens is 460 g/mol. The van der Waals surface area contributed by atoms with Crippen LogP contribution in [0.4, 0.5) is 0 Å². The summed E-state index contributed by atoms with van der Waals surface area (Å²) in [4.78, 5) is 9.68. The summed E-state index contributed by atoms with van der Waals surface area (Å²) >= 11 is 0. The van der Waals surface area contributed by atoms with Gasteiger partial charge in [-0.05, 0) is 115 Å². The van der Waals surface area contributed by atoms with Crippen molar-refractivity contribution in [2.45, 2.75) is 133 Å². The van der Waals surface area contributed by atoms with E-state index in [0.717, 1.165) is 24.3 Å². The molecule has 0 amide bonds. The summed E-state index contributed by atoms with van der Waals surface area (Å²) in [5.41, 5.74) is 15.5. The van der Waals surface area contributed by atoms with Crippen molar-refractivity contribution in [3.63, 3.8) is 0 Å². The number of nitrogens with zero attached hydrogens (tertiary/aromatic N) is 2. The van der Waals surface area contributed by atoms with E-state index in [1.165, 1.54) is 107 Å². The first-order valence-corrected chi connectivity index (χ1v) is 15.1. The van der Waals surface area contributed by atoms with E-state index in [1.807, 2.05) is 14.1 Å². The van der Waals surface area contributed by atoms with Crippen LogP contribution < -0.4 is 0 Å². The first kappa shape index (κ1) is 33.8. The number of unbranched alkanes of at least 4 members (excludes halogenated alkanes) is 6. The molecule has 0 radical (unpaired) electrons. The van der Waals surface area contributed by atoms with Crippen LogP contribution in [0.25, 0.3) is 0 Å². The number of hydrogen-bond donors (Lipinski definition) is 0. The van der Waals surface area contributed by atoms with Crippen molar-refractivity contribution in [1.29, 1.82) is 0 Å². The Morgan fingerprint density at radius 1 is 0.553 bits per heavy atom. The molecule has 0 aromatic carbocycles. The van der Waals surface area contributed by atoms with Crippen molar-refractivity contribution in [3.05, 3.63) is 67.9 Å². The summed E-state index contributed by atoms with van der Waals surface area (Å²) in [6.07, 6.45) is 17.4. The fourth-order valence-electron chi connectivity index (χ4n) is 5.45. The molecule has 1 rings (SSSR count). The van der Waals surface area contributed by atoms with Crippen LogP contribution >= 0.6 is 0 Å². The van der Waals surface area contributed by atoms with Crippen LogP contribution in [-0.2, 0) is 0 Å². The highest BCUT2D eigenvalue weighted by Crippen LogP contribution is 2.36. The lowest BCUT2D eigenvalue weighted by atomic mass is 9.78. The molecule has 1 aliphatic carbocycles. The molecule has 0 spiro atoms. The van der Waals surface area contributed by atoms with E-state index in [0.29, 0.717) is 0 Å². The van der Waals surface area contributed by atoms with Gasteiger partial charge in [0.05, 0.1) is 11.4 Å². The average molecular weight is 519 g/mol. The Bertz CT molecular complexity index is 967. The first-order valence-electron chi connectivity index (χ1n) is 15.1. The van der Waals surface area contributed by atoms with Gasteiger partial charge in [-0.15, -0.1) is 0 Å². The predicted molar refractivity (Wildman–Crippen MR) is 174 cm³/mol. The van der Waals surface area contributed by atoms with Gasteiger partial charge in [-0.3, -0.25) is 9.98 Å². The topological polar surface area (TPSA) is 24.7 Å². The fraction of sp³-hybridized carbons (Fsp3) is 0.611. The van der Waals surface area contributed by atoms with Gasteiger partial charge < -0.3 is 0 Å². The Kier molecular flexibility index (Phi) is 15.5. The van der Waals surface area contributed by atoms with Crippen LogP contribution in [0.3, 0.4) is 0 Å². The molecule has 0 bridgehead atoms. The highest BCUT2D eigenvalue weighted by Gasteiger charge is 2.29. The van der Waals surface area contributed by atoms with Crippen LogP contribution in [0.15, 0.2) is 77.9 Å². The van der Waals surface area contributed by atoms with Gasteiger partial charge in [-0.2, -0.15) is 0 Å². The molecular formula is C36H58N2. The Hall–Kier alpha value is -2.22. The van der Waals surface area contributed by atoms with Crippen LogP contribution in [0, 0.1) is 0 Å². The van der Waals surface area contributed by atoms with E-state index in [9.17, 15) is 0 Å². The molecule has 0 heterocycles. The number of rotatable bonds is 14. The van der Waals surface area contributed by atoms with Crippen molar-refractivity contribution >= 4 is 11.4 Å². The zero-order chi connectivity index (χ0) is 28.8. The molecule has 0 saturated carbocycles. The molecule has 0 atom stereocenters. The third-order valence-corrected chi connectivity index (χ3v) is 7.91. The highest BCUT2D eigenvalue weighted by atomic mass is 14.8. The lowest BCUT2D eigenvalue weighted by Crippen LogP contribution is -2.27. The van der Waals surface area contributed by atoms with E-state index >= 15 is 0 Å². The summed E-state index contributed by atoms with van der Waals surface area (Å²) < 4.78 is 0. The molecule has 1 aliphatic rings. The second-order valence-corrected chi connectivity index (χ2v) is 11.5. The van der Waals surface area contributed by atoms with Crippen LogP contribution in [0.1, 0.15) is 133 Å². The van der Waals surface area contributed by atoms with Crippen LogP contribution in [0.5, 0.6) is 0 Å². The Balaban J connectivity index is 3.58. The van der Waals surface area contributed by atoms with Crippen molar-refractivity contribution in [1.82, 2.24) is 0 Å². The maximum absolute atomic E-state index is 4.84. The molecule has 0 aliphatic heterocycles. The van der Waals surface area contributed by atoms with Gasteiger partial charge >= 0.3 is 0 Å². The molecule has 2 nitrogen and oxygen atoms in total. The molecule has 0 aromatic rings. The SMILES string of the molecule is CCCCCCC(/C=C(\C)C1=C(C)C(C)=C(/C(C)=C/C(CCCCCC)=C(C)C)C(=NC)C1=NC)=C(C)C. The van der Waals surface area contributed by atoms with Crippen molar-refractivity contribution in [2.24, 2.45) is 9.98 Å². The highest BCUT2D eigenvalue weighted by molar-refractivity contribution is 6.56. The minimum Gasteiger partial charge on any atom is -0.286 e. The smallest absolute Gasteiger partial charge is 0.0906 e. The monoisotopic (exact) mass is 518 g/mol. The van der Waals surface area contributed by atoms with Gasteiger partial charge in [0, 0.05) is 25.2 Å². The molecule has 38 heavy (non-hydrogen) atoms. The van der Waals surface area contributed by atoms with E-state index in [1.54, 1.807) is 0 Å². The standard InChI is InChI=1S/C36H58N2/c1-13-15-17-19-21-31(25(3)4)23-27(7)33-29(9)30(10)34(36(38-12)35(33)37-11)28(8)24-32(26(5)6)22-20-18-16-14-2/h23-24H,13-22H2,1-12H3/b27-23+,28-24+,37-35?,38-36?. The van der Waals surface area contributed by atoms with Gasteiger partial charge in [-0.1, -0.05) is 75.7 Å². The number of aliphatic imine (C=N–C) groups is 2. The minimum absolute atomic E-state index is 1.02. The lowest BCUT2D eigenvalue weighted by molar-refractivity contribution is 0.666. The van der Waals surface area contributed by atoms with Gasteiger partial charge in [0.15, 0.2) is 0 Å². The molecule has 0 N–H and O–H groups in total. The van der Waals surface area contributed by atoms with E-state index < -0.39 is 0 Å². The lowest BCUT2D eigenvalue weighted by Gasteiger charge is -2.28. The molecule has 0 unspecified atom stereocenters. The zero-order valence-electron chi connectivity index (χ0n) is 27.1. The molecule has 0 aromatic heterocycles. The largest absolute Gasteiger partial charge is 0.286 e. The summed E-state index contributed by atoms with van der Waals surface area (Å²) in [5, 5.41) is 0. The molecule has 2 heteroatoms. The average Bonchev–Trinajstić information content (AvgIpc) is 2.87. The Morgan fingerprint density at radius 2 is 0.895 bits per heavy atom. The summed E-state index contributed by atoms with van der Waals surface area (Å²) in [6.45, 7) is 22.6. The van der Waals surface area contributed by atoms with Crippen molar-refractivity contribution < 1.29 is 0 Å². The van der Waals surface area contributed by atoms with Crippen LogP contribution in [-0.4, -0.2) is 25.5 Å². The zero-order valence-corrected chi connectivity index (χ0v) is 27.1. The molecule has 0 fully saturated rings. The van der Waals surface area contributed by atoms with Gasteiger partial charge in [0.1, 0.15) is 0 Å². The predicted octanol–water partition coefficient (Wildman–Crippen LogP) is 11.3. The van der Waals surface area contributed by atoms with E-state index in [2.05, 4.69) is 81.4 Å². The van der Waals surface area contributed by atoms with Crippen LogP contribution in [0.2, 0.25) is 0 Å². The second-order valence-electron chi connectivity index (χ2n) is 11.5. The number of hydrogen-bond acceptors (Lipinski definition) is 2. The van der Waals surface area contributed by atoms with Gasteiger partial charge in [0.2, 0.25) is 0 Å². The quantitative estimate of drug-likeness (QED) is 0.124. The number of allylic oxidation sites excluding steroid dienone is 12. The van der Waals surface area contributed by atoms with E-state index in [-0.39, 0.29) is 0 Å². The summed E-state index contributed by atoms with van der Waals surface area (Å²) in [5.74, 6) is 0. The Labute approximate surface area is 236 Å². The van der Waals surface area contributed by atoms with Crippen molar-refractivity contribution in [2.75, 3.05) is 14.1 Å². The third-order valence-electron chi connectivity index (χ3n) is 7.91. The normalized spacial score (nSPS) is 17.2. The summed E-state index contributed by atoms with van der Waals surface area (Å²) in [6, 6.07) is 0. The molecule has 212 valence electrons. The maximum atomic E-state index is 4.84. The Morgan fingerprint density at radius 3 is 1.16 bits per heavy atom. The summed E-state index contributed by atoms with van der Waals surface area (Å²) in [7, 11) is 3.83. The second kappa shape index (κ2) is 17.4. The molecule has 0 saturated heterocycles. The minimum atomic E-state index is 1.02. The third kappa shape index (κ3) is 9.51. The van der Waals surface area contributed by atoms with E-state index in [4.69, 9.17) is 9.98 Å². The van der Waals surface area contributed by atoms with Gasteiger partial charge in [0.25, 0.3) is 0 Å². The maximum Gasteiger partial charge on any atom is 0.0906 e.